The summed E-state index contributed by atoms with van der Waals surface area (Å²) in [5.41, 5.74) is 5.95. The van der Waals surface area contributed by atoms with Crippen molar-refractivity contribution in [2.45, 2.75) is 38.8 Å². The van der Waals surface area contributed by atoms with Gasteiger partial charge in [0.15, 0.2) is 0 Å². The quantitative estimate of drug-likeness (QED) is 0.660. The maximum atomic E-state index is 12.2. The standard InChI is InChI=1S/C16H23N3O4/c1-11(2)15(17)16(20)18-9-7-14(8-10-18)23-13-5-3-12(4-6-13)19(21)22/h3-6,11,14-15H,7-10,17H2,1-2H3/t15-/m0/s1. The van der Waals surface area contributed by atoms with Crippen molar-refractivity contribution in [2.24, 2.45) is 11.7 Å². The van der Waals surface area contributed by atoms with E-state index in [9.17, 15) is 14.9 Å². The van der Waals surface area contributed by atoms with Crippen molar-refractivity contribution in [3.05, 3.63) is 34.4 Å². The van der Waals surface area contributed by atoms with Crippen LogP contribution in [0.1, 0.15) is 26.7 Å². The first-order valence-corrected chi connectivity index (χ1v) is 7.84. The number of nitro groups is 1. The average molecular weight is 321 g/mol. The fourth-order valence-electron chi connectivity index (χ4n) is 2.53. The normalized spacial score (nSPS) is 17.1. The van der Waals surface area contributed by atoms with Crippen molar-refractivity contribution < 1.29 is 14.5 Å². The number of rotatable bonds is 5. The zero-order valence-electron chi connectivity index (χ0n) is 13.5. The molecular weight excluding hydrogens is 298 g/mol. The van der Waals surface area contributed by atoms with Crippen LogP contribution in [0.5, 0.6) is 5.75 Å². The summed E-state index contributed by atoms with van der Waals surface area (Å²) in [7, 11) is 0. The van der Waals surface area contributed by atoms with Gasteiger partial charge in [-0.05, 0) is 18.1 Å². The van der Waals surface area contributed by atoms with E-state index in [1.807, 2.05) is 13.8 Å². The van der Waals surface area contributed by atoms with E-state index in [4.69, 9.17) is 10.5 Å². The molecule has 0 aliphatic carbocycles. The molecule has 0 unspecified atom stereocenters. The largest absolute Gasteiger partial charge is 0.490 e. The second-order valence-electron chi connectivity index (χ2n) is 6.16. The van der Waals surface area contributed by atoms with Gasteiger partial charge in [-0.15, -0.1) is 0 Å². The predicted octanol–water partition coefficient (Wildman–Crippen LogP) is 1.95. The molecule has 1 amide bonds. The minimum atomic E-state index is -0.456. The minimum absolute atomic E-state index is 0.00575. The molecule has 126 valence electrons. The fraction of sp³-hybridized carbons (Fsp3) is 0.562. The maximum absolute atomic E-state index is 12.2. The van der Waals surface area contributed by atoms with E-state index in [1.54, 1.807) is 17.0 Å². The van der Waals surface area contributed by atoms with Gasteiger partial charge in [-0.2, -0.15) is 0 Å². The molecule has 1 heterocycles. The Labute approximate surface area is 135 Å². The van der Waals surface area contributed by atoms with Gasteiger partial charge in [0.2, 0.25) is 5.91 Å². The van der Waals surface area contributed by atoms with E-state index in [0.717, 1.165) is 12.8 Å². The van der Waals surface area contributed by atoms with Gasteiger partial charge in [-0.3, -0.25) is 14.9 Å². The molecule has 1 fully saturated rings. The molecule has 0 saturated carbocycles. The van der Waals surface area contributed by atoms with Crippen LogP contribution in [0.15, 0.2) is 24.3 Å². The molecule has 2 N–H and O–H groups in total. The molecule has 0 bridgehead atoms. The van der Waals surface area contributed by atoms with Crippen LogP contribution in [0.4, 0.5) is 5.69 Å². The highest BCUT2D eigenvalue weighted by molar-refractivity contribution is 5.82. The van der Waals surface area contributed by atoms with Gasteiger partial charge in [0, 0.05) is 38.1 Å². The van der Waals surface area contributed by atoms with E-state index in [2.05, 4.69) is 0 Å². The van der Waals surface area contributed by atoms with Gasteiger partial charge in [0.1, 0.15) is 11.9 Å². The summed E-state index contributed by atoms with van der Waals surface area (Å²) in [5, 5.41) is 10.6. The number of hydrogen-bond acceptors (Lipinski definition) is 5. The summed E-state index contributed by atoms with van der Waals surface area (Å²) in [6, 6.07) is 5.60. The number of piperidine rings is 1. The number of benzene rings is 1. The molecule has 0 spiro atoms. The Morgan fingerprint density at radius 1 is 1.30 bits per heavy atom. The van der Waals surface area contributed by atoms with E-state index < -0.39 is 11.0 Å². The second kappa shape index (κ2) is 7.41. The number of carbonyl (C=O) groups excluding carboxylic acids is 1. The van der Waals surface area contributed by atoms with Crippen molar-refractivity contribution in [3.63, 3.8) is 0 Å². The summed E-state index contributed by atoms with van der Waals surface area (Å²) in [6.45, 7) is 5.12. The zero-order chi connectivity index (χ0) is 17.0. The first-order valence-electron chi connectivity index (χ1n) is 7.84. The average Bonchev–Trinajstić information content (AvgIpc) is 2.54. The lowest BCUT2D eigenvalue weighted by Crippen LogP contribution is -2.50. The van der Waals surface area contributed by atoms with Crippen LogP contribution in [0.25, 0.3) is 0 Å². The number of nitrogens with two attached hydrogens (primary N) is 1. The van der Waals surface area contributed by atoms with Gasteiger partial charge in [-0.1, -0.05) is 13.8 Å². The summed E-state index contributed by atoms with van der Waals surface area (Å²) in [4.78, 5) is 24.2. The van der Waals surface area contributed by atoms with Crippen LogP contribution >= 0.6 is 0 Å². The summed E-state index contributed by atoms with van der Waals surface area (Å²) >= 11 is 0. The van der Waals surface area contributed by atoms with Gasteiger partial charge in [0.25, 0.3) is 5.69 Å². The SMILES string of the molecule is CC(C)[C@H](N)C(=O)N1CCC(Oc2ccc([N+](=O)[O-])cc2)CC1. The number of amides is 1. The maximum Gasteiger partial charge on any atom is 0.269 e. The van der Waals surface area contributed by atoms with Crippen LogP contribution in [-0.4, -0.2) is 41.0 Å². The Bertz CT molecular complexity index is 551. The molecule has 1 aromatic rings. The fourth-order valence-corrected chi connectivity index (χ4v) is 2.53. The number of nitrogens with zero attached hydrogens (tertiary/aromatic N) is 2. The Morgan fingerprint density at radius 3 is 2.35 bits per heavy atom. The molecule has 1 aliphatic heterocycles. The highest BCUT2D eigenvalue weighted by Crippen LogP contribution is 2.22. The van der Waals surface area contributed by atoms with Gasteiger partial charge in [0.05, 0.1) is 11.0 Å². The Hall–Kier alpha value is -2.15. The van der Waals surface area contributed by atoms with Crippen LogP contribution in [0.3, 0.4) is 0 Å². The number of hydrogen-bond donors (Lipinski definition) is 1. The van der Waals surface area contributed by atoms with Crippen LogP contribution in [0.2, 0.25) is 0 Å². The predicted molar refractivity (Wildman–Crippen MR) is 86.1 cm³/mol. The summed E-state index contributed by atoms with van der Waals surface area (Å²) < 4.78 is 5.83. The molecule has 23 heavy (non-hydrogen) atoms. The van der Waals surface area contributed by atoms with Crippen molar-refractivity contribution in [1.82, 2.24) is 4.90 Å². The van der Waals surface area contributed by atoms with Gasteiger partial charge >= 0.3 is 0 Å². The van der Waals surface area contributed by atoms with Crippen LogP contribution in [-0.2, 0) is 4.79 Å². The molecule has 1 aliphatic rings. The van der Waals surface area contributed by atoms with Crippen molar-refractivity contribution >= 4 is 11.6 Å². The Morgan fingerprint density at radius 2 is 1.87 bits per heavy atom. The molecule has 1 aromatic carbocycles. The number of likely N-dealkylation sites (tertiary alicyclic amines) is 1. The molecular formula is C16H23N3O4. The monoisotopic (exact) mass is 321 g/mol. The van der Waals surface area contributed by atoms with Crippen molar-refractivity contribution in [1.29, 1.82) is 0 Å². The lowest BCUT2D eigenvalue weighted by Gasteiger charge is -2.34. The van der Waals surface area contributed by atoms with E-state index in [0.29, 0.717) is 18.8 Å². The lowest BCUT2D eigenvalue weighted by atomic mass is 10.0. The highest BCUT2D eigenvalue weighted by atomic mass is 16.6. The summed E-state index contributed by atoms with van der Waals surface area (Å²) in [5.74, 6) is 0.727. The number of non-ortho nitro benzene ring substituents is 1. The first kappa shape index (κ1) is 17.2. The molecule has 0 aromatic heterocycles. The highest BCUT2D eigenvalue weighted by Gasteiger charge is 2.28. The second-order valence-corrected chi connectivity index (χ2v) is 6.16. The van der Waals surface area contributed by atoms with E-state index >= 15 is 0 Å². The van der Waals surface area contributed by atoms with Gasteiger partial charge in [-0.25, -0.2) is 0 Å². The van der Waals surface area contributed by atoms with Gasteiger partial charge < -0.3 is 15.4 Å². The third-order valence-electron chi connectivity index (χ3n) is 4.11. The molecule has 0 radical (unpaired) electrons. The smallest absolute Gasteiger partial charge is 0.269 e. The molecule has 1 saturated heterocycles. The number of carbonyl (C=O) groups is 1. The first-order chi connectivity index (χ1) is 10.9. The number of nitro benzene ring substituents is 1. The molecule has 1 atom stereocenters. The van der Waals surface area contributed by atoms with E-state index in [1.165, 1.54) is 12.1 Å². The lowest BCUT2D eigenvalue weighted by molar-refractivity contribution is -0.384. The zero-order valence-corrected chi connectivity index (χ0v) is 13.5. The molecule has 7 heteroatoms. The van der Waals surface area contributed by atoms with E-state index in [-0.39, 0.29) is 23.6 Å². The Balaban J connectivity index is 1.85. The van der Waals surface area contributed by atoms with Crippen LogP contribution in [0, 0.1) is 16.0 Å². The molecule has 2 rings (SSSR count). The minimum Gasteiger partial charge on any atom is -0.490 e. The third kappa shape index (κ3) is 4.41. The van der Waals surface area contributed by atoms with Crippen molar-refractivity contribution in [3.8, 4) is 5.75 Å². The molecule has 7 nitrogen and oxygen atoms in total. The number of ether oxygens (including phenoxy) is 1. The third-order valence-corrected chi connectivity index (χ3v) is 4.11. The topological polar surface area (TPSA) is 98.7 Å². The van der Waals surface area contributed by atoms with Crippen LogP contribution < -0.4 is 10.5 Å². The Kier molecular flexibility index (Phi) is 5.54. The summed E-state index contributed by atoms with van der Waals surface area (Å²) in [6.07, 6.45) is 1.47. The van der Waals surface area contributed by atoms with Crippen molar-refractivity contribution in [2.75, 3.05) is 13.1 Å².